The summed E-state index contributed by atoms with van der Waals surface area (Å²) in [6.45, 7) is 3.59. The number of amides is 1. The fraction of sp³-hybridized carbons (Fsp3) is 0.235. The lowest BCUT2D eigenvalue weighted by molar-refractivity contribution is 0.0939. The number of halogens is 1. The van der Waals surface area contributed by atoms with Gasteiger partial charge in [0.05, 0.1) is 10.9 Å². The van der Waals surface area contributed by atoms with Gasteiger partial charge in [0.2, 0.25) is 0 Å². The van der Waals surface area contributed by atoms with E-state index in [2.05, 4.69) is 21.2 Å². The predicted molar refractivity (Wildman–Crippen MR) is 94.3 cm³/mol. The van der Waals surface area contributed by atoms with Crippen LogP contribution >= 0.6 is 15.9 Å². The minimum Gasteiger partial charge on any atom is -0.345 e. The van der Waals surface area contributed by atoms with E-state index in [0.717, 1.165) is 16.3 Å². The fourth-order valence-corrected chi connectivity index (χ4v) is 3.95. The van der Waals surface area contributed by atoms with Crippen LogP contribution in [0.5, 0.6) is 0 Å². The number of benzene rings is 2. The van der Waals surface area contributed by atoms with Gasteiger partial charge in [0, 0.05) is 16.3 Å². The Morgan fingerprint density at radius 3 is 2.43 bits per heavy atom. The van der Waals surface area contributed by atoms with Crippen LogP contribution in [-0.2, 0) is 9.84 Å². The van der Waals surface area contributed by atoms with Crippen LogP contribution in [-0.4, -0.2) is 20.6 Å². The first-order valence-electron chi connectivity index (χ1n) is 7.06. The smallest absolute Gasteiger partial charge is 0.251 e. The summed E-state index contributed by atoms with van der Waals surface area (Å²) in [5.74, 6) is -0.307. The molecule has 122 valence electrons. The molecule has 1 N–H and O–H groups in total. The van der Waals surface area contributed by atoms with Crippen molar-refractivity contribution in [2.24, 2.45) is 0 Å². The highest BCUT2D eigenvalue weighted by Gasteiger charge is 2.17. The molecule has 0 aliphatic heterocycles. The SMILES string of the molecule is Cc1ccc(C(=O)N[C@@H](C)c2ccccc2Br)cc1S(C)(=O)=O. The molecule has 0 saturated heterocycles. The summed E-state index contributed by atoms with van der Waals surface area (Å²) in [4.78, 5) is 12.6. The highest BCUT2D eigenvalue weighted by Crippen LogP contribution is 2.23. The summed E-state index contributed by atoms with van der Waals surface area (Å²) in [6.07, 6.45) is 1.14. The topological polar surface area (TPSA) is 63.2 Å². The largest absolute Gasteiger partial charge is 0.345 e. The van der Waals surface area contributed by atoms with Crippen molar-refractivity contribution in [3.8, 4) is 0 Å². The van der Waals surface area contributed by atoms with Crippen LogP contribution in [0.25, 0.3) is 0 Å². The van der Waals surface area contributed by atoms with E-state index in [-0.39, 0.29) is 16.8 Å². The van der Waals surface area contributed by atoms with E-state index in [1.165, 1.54) is 6.07 Å². The van der Waals surface area contributed by atoms with Gasteiger partial charge in [0.15, 0.2) is 9.84 Å². The molecule has 2 rings (SSSR count). The van der Waals surface area contributed by atoms with E-state index >= 15 is 0 Å². The molecule has 0 aliphatic rings. The van der Waals surface area contributed by atoms with Crippen molar-refractivity contribution in [3.05, 3.63) is 63.6 Å². The van der Waals surface area contributed by atoms with Crippen molar-refractivity contribution >= 4 is 31.7 Å². The van der Waals surface area contributed by atoms with Crippen molar-refractivity contribution in [1.29, 1.82) is 0 Å². The molecule has 0 spiro atoms. The maximum absolute atomic E-state index is 12.4. The normalized spacial score (nSPS) is 12.7. The molecule has 23 heavy (non-hydrogen) atoms. The molecule has 6 heteroatoms. The highest BCUT2D eigenvalue weighted by molar-refractivity contribution is 9.10. The van der Waals surface area contributed by atoms with Gasteiger partial charge in [-0.1, -0.05) is 40.2 Å². The van der Waals surface area contributed by atoms with Gasteiger partial charge in [0.25, 0.3) is 5.91 Å². The molecule has 0 fully saturated rings. The zero-order valence-corrected chi connectivity index (χ0v) is 15.5. The van der Waals surface area contributed by atoms with Crippen molar-refractivity contribution in [2.45, 2.75) is 24.8 Å². The second-order valence-corrected chi connectivity index (χ2v) is 8.31. The molecule has 0 aliphatic carbocycles. The quantitative estimate of drug-likeness (QED) is 0.858. The highest BCUT2D eigenvalue weighted by atomic mass is 79.9. The number of nitrogens with one attached hydrogen (secondary N) is 1. The van der Waals surface area contributed by atoms with Crippen LogP contribution < -0.4 is 5.32 Å². The lowest BCUT2D eigenvalue weighted by Crippen LogP contribution is -2.27. The second kappa shape index (κ2) is 6.84. The average molecular weight is 396 g/mol. The standard InChI is InChI=1S/C17H18BrNO3S/c1-11-8-9-13(10-16(11)23(3,21)22)17(20)19-12(2)14-6-4-5-7-15(14)18/h4-10,12H,1-3H3,(H,19,20)/t12-/m0/s1. The molecule has 0 unspecified atom stereocenters. The minimum absolute atomic E-state index is 0.179. The summed E-state index contributed by atoms with van der Waals surface area (Å²) in [6, 6.07) is 12.1. The van der Waals surface area contributed by atoms with Crippen molar-refractivity contribution < 1.29 is 13.2 Å². The Morgan fingerprint density at radius 2 is 1.83 bits per heavy atom. The van der Waals surface area contributed by atoms with Gasteiger partial charge in [-0.25, -0.2) is 8.42 Å². The number of hydrogen-bond donors (Lipinski definition) is 1. The molecular weight excluding hydrogens is 378 g/mol. The fourth-order valence-electron chi connectivity index (χ4n) is 2.32. The number of carbonyl (C=O) groups is 1. The van der Waals surface area contributed by atoms with Gasteiger partial charge in [-0.05, 0) is 43.2 Å². The zero-order chi connectivity index (χ0) is 17.2. The molecule has 4 nitrogen and oxygen atoms in total. The second-order valence-electron chi connectivity index (χ2n) is 5.47. The zero-order valence-electron chi connectivity index (χ0n) is 13.1. The number of rotatable bonds is 4. The molecule has 1 atom stereocenters. The van der Waals surface area contributed by atoms with Crippen molar-refractivity contribution in [3.63, 3.8) is 0 Å². The van der Waals surface area contributed by atoms with Gasteiger partial charge in [-0.15, -0.1) is 0 Å². The summed E-state index contributed by atoms with van der Waals surface area (Å²) in [5.41, 5.74) is 1.91. The summed E-state index contributed by atoms with van der Waals surface area (Å²) >= 11 is 3.46. The maximum atomic E-state index is 12.4. The first kappa shape index (κ1) is 17.7. The third kappa shape index (κ3) is 4.20. The Bertz CT molecular complexity index is 847. The van der Waals surface area contributed by atoms with Crippen LogP contribution in [0.15, 0.2) is 51.8 Å². The molecule has 0 saturated carbocycles. The Kier molecular flexibility index (Phi) is 5.26. The predicted octanol–water partition coefficient (Wildman–Crippen LogP) is 3.65. The first-order valence-corrected chi connectivity index (χ1v) is 9.74. The number of carbonyl (C=O) groups excluding carboxylic acids is 1. The molecule has 0 bridgehead atoms. The Balaban J connectivity index is 2.27. The van der Waals surface area contributed by atoms with Crippen LogP contribution in [0.4, 0.5) is 0 Å². The molecular formula is C17H18BrNO3S. The third-order valence-electron chi connectivity index (χ3n) is 3.57. The Labute approximate surface area is 145 Å². The molecule has 2 aromatic carbocycles. The van der Waals surface area contributed by atoms with Gasteiger partial charge in [0.1, 0.15) is 0 Å². The third-order valence-corrected chi connectivity index (χ3v) is 5.53. The lowest BCUT2D eigenvalue weighted by atomic mass is 10.1. The lowest BCUT2D eigenvalue weighted by Gasteiger charge is -2.16. The molecule has 0 aromatic heterocycles. The van der Waals surface area contributed by atoms with E-state index in [9.17, 15) is 13.2 Å². The number of sulfone groups is 1. The molecule has 0 radical (unpaired) electrons. The van der Waals surface area contributed by atoms with E-state index in [4.69, 9.17) is 0 Å². The van der Waals surface area contributed by atoms with Crippen LogP contribution in [0, 0.1) is 6.92 Å². The van der Waals surface area contributed by atoms with E-state index in [0.29, 0.717) is 11.1 Å². The van der Waals surface area contributed by atoms with Crippen LogP contribution in [0.2, 0.25) is 0 Å². The maximum Gasteiger partial charge on any atom is 0.251 e. The minimum atomic E-state index is -3.36. The van der Waals surface area contributed by atoms with E-state index in [1.807, 2.05) is 31.2 Å². The van der Waals surface area contributed by atoms with Gasteiger partial charge in [-0.2, -0.15) is 0 Å². The van der Waals surface area contributed by atoms with Crippen molar-refractivity contribution in [1.82, 2.24) is 5.32 Å². The number of hydrogen-bond acceptors (Lipinski definition) is 3. The molecule has 1 amide bonds. The average Bonchev–Trinajstić information content (AvgIpc) is 2.46. The van der Waals surface area contributed by atoms with Gasteiger partial charge < -0.3 is 5.32 Å². The van der Waals surface area contributed by atoms with E-state index < -0.39 is 9.84 Å². The van der Waals surface area contributed by atoms with Crippen molar-refractivity contribution in [2.75, 3.05) is 6.26 Å². The van der Waals surface area contributed by atoms with E-state index in [1.54, 1.807) is 19.1 Å². The van der Waals surface area contributed by atoms with Crippen LogP contribution in [0.3, 0.4) is 0 Å². The van der Waals surface area contributed by atoms with Crippen LogP contribution in [0.1, 0.15) is 34.5 Å². The summed E-state index contributed by atoms with van der Waals surface area (Å²) in [5, 5.41) is 2.89. The van der Waals surface area contributed by atoms with Gasteiger partial charge in [-0.3, -0.25) is 4.79 Å². The molecule has 2 aromatic rings. The molecule has 0 heterocycles. The van der Waals surface area contributed by atoms with Gasteiger partial charge >= 0.3 is 0 Å². The monoisotopic (exact) mass is 395 g/mol. The Morgan fingerprint density at radius 1 is 1.17 bits per heavy atom. The number of aryl methyl sites for hydroxylation is 1. The summed E-state index contributed by atoms with van der Waals surface area (Å²) < 4.78 is 24.5. The Hall–Kier alpha value is -1.66. The first-order chi connectivity index (χ1) is 10.7. The summed E-state index contributed by atoms with van der Waals surface area (Å²) in [7, 11) is -3.36.